The number of thiophene rings is 1. The molecule has 0 bridgehead atoms. The summed E-state index contributed by atoms with van der Waals surface area (Å²) in [6.45, 7) is 0.994. The molecule has 1 aromatic heterocycles. The maximum absolute atomic E-state index is 12.1. The molecule has 2 aliphatic rings. The second kappa shape index (κ2) is 4.30. The van der Waals surface area contributed by atoms with Gasteiger partial charge < -0.3 is 5.73 Å². The number of nitrogens with two attached hydrogens (primary N) is 1. The minimum atomic E-state index is -3.34. The molecule has 2 saturated carbocycles. The third-order valence-corrected chi connectivity index (χ3v) is 6.97. The number of nitrogens with one attached hydrogen (secondary N) is 1. The minimum Gasteiger partial charge on any atom is -0.326 e. The summed E-state index contributed by atoms with van der Waals surface area (Å²) in [4.78, 5) is 0. The zero-order valence-electron chi connectivity index (χ0n) is 10.2. The van der Waals surface area contributed by atoms with Gasteiger partial charge in [0.15, 0.2) is 0 Å². The summed E-state index contributed by atoms with van der Waals surface area (Å²) in [5.74, 6) is 0.767. The van der Waals surface area contributed by atoms with Gasteiger partial charge in [0.2, 0.25) is 10.0 Å². The molecule has 0 spiro atoms. The van der Waals surface area contributed by atoms with Crippen molar-refractivity contribution in [3.8, 4) is 0 Å². The third kappa shape index (κ3) is 2.34. The molecule has 100 valence electrons. The molecule has 0 saturated heterocycles. The molecule has 1 aromatic rings. The maximum atomic E-state index is 12.1. The lowest BCUT2D eigenvalue weighted by atomic mass is 10.0. The average Bonchev–Trinajstić information content (AvgIpc) is 3.24. The van der Waals surface area contributed by atoms with Crippen molar-refractivity contribution in [1.82, 2.24) is 4.72 Å². The van der Waals surface area contributed by atoms with Gasteiger partial charge in [-0.3, -0.25) is 0 Å². The van der Waals surface area contributed by atoms with Crippen LogP contribution in [0.4, 0.5) is 0 Å². The molecule has 0 atom stereocenters. The number of hydrogen-bond donors (Lipinski definition) is 2. The summed E-state index contributed by atoms with van der Waals surface area (Å²) >= 11 is 1.25. The fraction of sp³-hybridized carbons (Fsp3) is 0.667. The largest absolute Gasteiger partial charge is 0.326 e. The molecule has 0 unspecified atom stereocenters. The number of hydrogen-bond acceptors (Lipinski definition) is 4. The van der Waals surface area contributed by atoms with Gasteiger partial charge >= 0.3 is 0 Å². The van der Waals surface area contributed by atoms with Crippen LogP contribution in [0.1, 0.15) is 31.2 Å². The molecular formula is C12H18N2O2S2. The molecule has 0 amide bonds. The second-order valence-corrected chi connectivity index (χ2v) is 8.34. The molecule has 0 aliphatic heterocycles. The molecule has 2 aliphatic carbocycles. The summed E-state index contributed by atoms with van der Waals surface area (Å²) in [5, 5.41) is 1.81. The van der Waals surface area contributed by atoms with Gasteiger partial charge in [-0.25, -0.2) is 13.1 Å². The smallest absolute Gasteiger partial charge is 0.250 e. The number of rotatable bonds is 6. The van der Waals surface area contributed by atoms with Crippen molar-refractivity contribution in [1.29, 1.82) is 0 Å². The molecule has 4 nitrogen and oxygen atoms in total. The van der Waals surface area contributed by atoms with Crippen LogP contribution in [0.2, 0.25) is 0 Å². The highest BCUT2D eigenvalue weighted by Gasteiger charge is 2.53. The van der Waals surface area contributed by atoms with Crippen LogP contribution in [-0.4, -0.2) is 15.0 Å². The first-order valence-electron chi connectivity index (χ1n) is 6.33. The van der Waals surface area contributed by atoms with Crippen LogP contribution in [0.5, 0.6) is 0 Å². The molecule has 1 heterocycles. The Kier molecular flexibility index (Phi) is 3.01. The van der Waals surface area contributed by atoms with E-state index in [0.717, 1.165) is 11.5 Å². The Hall–Kier alpha value is -0.430. The summed E-state index contributed by atoms with van der Waals surface area (Å²) in [6, 6.07) is 1.67. The van der Waals surface area contributed by atoms with E-state index in [0.29, 0.717) is 22.7 Å². The zero-order chi connectivity index (χ0) is 12.8. The molecule has 18 heavy (non-hydrogen) atoms. The van der Waals surface area contributed by atoms with Gasteiger partial charge in [0.05, 0.1) is 0 Å². The Labute approximate surface area is 112 Å². The lowest BCUT2D eigenvalue weighted by molar-refractivity contribution is 0.432. The third-order valence-electron chi connectivity index (χ3n) is 4.08. The summed E-state index contributed by atoms with van der Waals surface area (Å²) in [6.07, 6.45) is 4.91. The molecular weight excluding hydrogens is 268 g/mol. The van der Waals surface area contributed by atoms with E-state index in [1.54, 1.807) is 6.07 Å². The van der Waals surface area contributed by atoms with E-state index in [-0.39, 0.29) is 0 Å². The molecule has 0 aromatic carbocycles. The summed E-state index contributed by atoms with van der Waals surface area (Å²) < 4.78 is 27.4. The Morgan fingerprint density at radius 1 is 1.44 bits per heavy atom. The van der Waals surface area contributed by atoms with Crippen LogP contribution in [0, 0.1) is 11.3 Å². The Morgan fingerprint density at radius 2 is 2.17 bits per heavy atom. The van der Waals surface area contributed by atoms with Crippen LogP contribution in [0.25, 0.3) is 0 Å². The molecule has 2 fully saturated rings. The predicted octanol–water partition coefficient (Wildman–Crippen LogP) is 1.68. The highest BCUT2D eigenvalue weighted by molar-refractivity contribution is 7.91. The SMILES string of the molecule is NCc1csc(S(=O)(=O)NCC2(C3CC3)CC2)c1. The van der Waals surface area contributed by atoms with Crippen LogP contribution >= 0.6 is 11.3 Å². The van der Waals surface area contributed by atoms with E-state index in [1.165, 1.54) is 37.0 Å². The first-order valence-corrected chi connectivity index (χ1v) is 8.69. The van der Waals surface area contributed by atoms with Crippen molar-refractivity contribution >= 4 is 21.4 Å². The van der Waals surface area contributed by atoms with Gasteiger partial charge in [-0.1, -0.05) is 0 Å². The van der Waals surface area contributed by atoms with E-state index < -0.39 is 10.0 Å². The maximum Gasteiger partial charge on any atom is 0.250 e. The van der Waals surface area contributed by atoms with E-state index in [9.17, 15) is 8.42 Å². The van der Waals surface area contributed by atoms with Crippen LogP contribution in [0.3, 0.4) is 0 Å². The second-order valence-electron chi connectivity index (χ2n) is 5.44. The van der Waals surface area contributed by atoms with Crippen molar-refractivity contribution < 1.29 is 8.42 Å². The highest BCUT2D eigenvalue weighted by Crippen LogP contribution is 2.60. The fourth-order valence-electron chi connectivity index (χ4n) is 2.50. The Morgan fingerprint density at radius 3 is 2.67 bits per heavy atom. The molecule has 0 radical (unpaired) electrons. The Bertz CT molecular complexity index is 542. The summed E-state index contributed by atoms with van der Waals surface area (Å²) in [5.41, 5.74) is 6.67. The molecule has 6 heteroatoms. The minimum absolute atomic E-state index is 0.293. The van der Waals surface area contributed by atoms with Gasteiger partial charge in [-0.2, -0.15) is 0 Å². The van der Waals surface area contributed by atoms with E-state index in [4.69, 9.17) is 5.73 Å². The van der Waals surface area contributed by atoms with Crippen molar-refractivity contribution in [2.24, 2.45) is 17.1 Å². The van der Waals surface area contributed by atoms with E-state index in [2.05, 4.69) is 4.72 Å². The van der Waals surface area contributed by atoms with Crippen LogP contribution < -0.4 is 10.5 Å². The summed E-state index contributed by atoms with van der Waals surface area (Å²) in [7, 11) is -3.34. The van der Waals surface area contributed by atoms with E-state index in [1.807, 2.05) is 5.38 Å². The Balaban J connectivity index is 1.67. The zero-order valence-corrected chi connectivity index (χ0v) is 11.8. The quantitative estimate of drug-likeness (QED) is 0.835. The average molecular weight is 286 g/mol. The van der Waals surface area contributed by atoms with Gasteiger partial charge in [0, 0.05) is 13.1 Å². The first kappa shape index (κ1) is 12.6. The topological polar surface area (TPSA) is 72.2 Å². The van der Waals surface area contributed by atoms with Gasteiger partial charge in [0.1, 0.15) is 4.21 Å². The number of sulfonamides is 1. The lowest BCUT2D eigenvalue weighted by Gasteiger charge is -2.14. The monoisotopic (exact) mass is 286 g/mol. The van der Waals surface area contributed by atoms with Crippen molar-refractivity contribution in [3.05, 3.63) is 17.0 Å². The first-order chi connectivity index (χ1) is 8.56. The van der Waals surface area contributed by atoms with Gasteiger partial charge in [-0.05, 0) is 54.0 Å². The standard InChI is InChI=1S/C12H18N2O2S2/c13-6-9-5-11(17-7-9)18(15,16)14-8-12(3-4-12)10-1-2-10/h5,7,10,14H,1-4,6,8,13H2. The van der Waals surface area contributed by atoms with E-state index >= 15 is 0 Å². The van der Waals surface area contributed by atoms with Crippen LogP contribution in [-0.2, 0) is 16.6 Å². The molecule has 3 rings (SSSR count). The van der Waals surface area contributed by atoms with Gasteiger partial charge in [-0.15, -0.1) is 11.3 Å². The predicted molar refractivity (Wildman–Crippen MR) is 71.8 cm³/mol. The van der Waals surface area contributed by atoms with Crippen molar-refractivity contribution in [3.63, 3.8) is 0 Å². The van der Waals surface area contributed by atoms with Crippen LogP contribution in [0.15, 0.2) is 15.7 Å². The molecule has 3 N–H and O–H groups in total. The van der Waals surface area contributed by atoms with Crippen molar-refractivity contribution in [2.45, 2.75) is 36.4 Å². The lowest BCUT2D eigenvalue weighted by Crippen LogP contribution is -2.30. The highest BCUT2D eigenvalue weighted by atomic mass is 32.2. The normalized spacial score (nSPS) is 22.1. The fourth-order valence-corrected chi connectivity index (χ4v) is 4.90. The van der Waals surface area contributed by atoms with Crippen molar-refractivity contribution in [2.75, 3.05) is 6.54 Å². The van der Waals surface area contributed by atoms with Gasteiger partial charge in [0.25, 0.3) is 0 Å².